The molecule has 0 fully saturated rings. The number of H-pyrrole nitrogens is 1. The average Bonchev–Trinajstić information content (AvgIpc) is 2.68. The summed E-state index contributed by atoms with van der Waals surface area (Å²) in [6.07, 6.45) is 3.58. The molecule has 1 atom stereocenters. The first kappa shape index (κ1) is 10.7. The van der Waals surface area contributed by atoms with Crippen molar-refractivity contribution in [3.8, 4) is 0 Å². The number of carbonyl (C=O) groups is 1. The molecule has 0 radical (unpaired) electrons. The lowest BCUT2D eigenvalue weighted by Crippen LogP contribution is -2.43. The molecule has 6 heteroatoms. The van der Waals surface area contributed by atoms with Crippen LogP contribution in [0.5, 0.6) is 0 Å². The number of aliphatic hydroxyl groups excluding tert-OH is 1. The van der Waals surface area contributed by atoms with E-state index in [1.165, 1.54) is 13.4 Å². The van der Waals surface area contributed by atoms with Gasteiger partial charge in [-0.3, -0.25) is 4.79 Å². The topological polar surface area (TPSA) is 95.2 Å². The summed E-state index contributed by atoms with van der Waals surface area (Å²) in [4.78, 5) is 19.3. The van der Waals surface area contributed by atoms with Crippen LogP contribution in [-0.2, 0) is 11.2 Å². The summed E-state index contributed by atoms with van der Waals surface area (Å²) in [6, 6.07) is -0.657. The van der Waals surface area contributed by atoms with Crippen molar-refractivity contribution in [3.05, 3.63) is 18.2 Å². The Morgan fingerprint density at radius 1 is 1.86 bits per heavy atom. The Labute approximate surface area is 81.7 Å². The van der Waals surface area contributed by atoms with Crippen molar-refractivity contribution in [3.63, 3.8) is 0 Å². The second kappa shape index (κ2) is 4.73. The third-order valence-corrected chi connectivity index (χ3v) is 1.89. The molecule has 0 unspecified atom stereocenters. The van der Waals surface area contributed by atoms with E-state index in [1.807, 2.05) is 0 Å². The summed E-state index contributed by atoms with van der Waals surface area (Å²) in [5.41, 5.74) is 6.36. The number of aliphatic hydroxyl groups is 1. The Balaban J connectivity index is 2.50. The lowest BCUT2D eigenvalue weighted by Gasteiger charge is -2.17. The largest absolute Gasteiger partial charge is 0.376 e. The lowest BCUT2D eigenvalue weighted by atomic mass is 10.1. The zero-order valence-electron chi connectivity index (χ0n) is 7.97. The second-order valence-corrected chi connectivity index (χ2v) is 3.05. The van der Waals surface area contributed by atoms with E-state index in [4.69, 9.17) is 10.8 Å². The number of aromatic amines is 1. The molecule has 78 valence electrons. The Morgan fingerprint density at radius 2 is 2.57 bits per heavy atom. The van der Waals surface area contributed by atoms with E-state index >= 15 is 0 Å². The number of likely N-dealkylation sites (N-methyl/N-ethyl adjacent to an activating group) is 1. The van der Waals surface area contributed by atoms with Gasteiger partial charge in [0.25, 0.3) is 0 Å². The van der Waals surface area contributed by atoms with Crippen molar-refractivity contribution in [2.45, 2.75) is 12.5 Å². The maximum absolute atomic E-state index is 11.4. The average molecular weight is 198 g/mol. The third kappa shape index (κ3) is 2.54. The quantitative estimate of drug-likeness (QED) is 0.523. The molecule has 0 bridgehead atoms. The number of hydrogen-bond donors (Lipinski definition) is 3. The Bertz CT molecular complexity index is 286. The number of imidazole rings is 1. The van der Waals surface area contributed by atoms with Gasteiger partial charge in [0.05, 0.1) is 18.1 Å². The van der Waals surface area contributed by atoms with Crippen LogP contribution < -0.4 is 5.73 Å². The molecular weight excluding hydrogens is 184 g/mol. The van der Waals surface area contributed by atoms with Crippen molar-refractivity contribution in [1.29, 1.82) is 0 Å². The fraction of sp³-hybridized carbons (Fsp3) is 0.500. The maximum Gasteiger partial charge on any atom is 0.241 e. The number of aromatic nitrogens is 2. The molecule has 6 nitrogen and oxygen atoms in total. The number of amides is 1. The molecular formula is C8H14N4O2. The van der Waals surface area contributed by atoms with Gasteiger partial charge in [0.15, 0.2) is 0 Å². The first-order valence-corrected chi connectivity index (χ1v) is 4.24. The summed E-state index contributed by atoms with van der Waals surface area (Å²) >= 11 is 0. The van der Waals surface area contributed by atoms with Gasteiger partial charge in [-0.1, -0.05) is 0 Å². The molecule has 1 aromatic rings. The lowest BCUT2D eigenvalue weighted by molar-refractivity contribution is -0.134. The normalized spacial score (nSPS) is 12.5. The van der Waals surface area contributed by atoms with Crippen molar-refractivity contribution >= 4 is 5.91 Å². The van der Waals surface area contributed by atoms with Crippen LogP contribution in [0.25, 0.3) is 0 Å². The molecule has 0 aromatic carbocycles. The fourth-order valence-electron chi connectivity index (χ4n) is 1.07. The summed E-state index contributed by atoms with van der Waals surface area (Å²) in [5.74, 6) is -0.296. The third-order valence-electron chi connectivity index (χ3n) is 1.89. The minimum Gasteiger partial charge on any atom is -0.376 e. The Morgan fingerprint density at radius 3 is 3.07 bits per heavy atom. The van der Waals surface area contributed by atoms with E-state index in [0.717, 1.165) is 10.6 Å². The van der Waals surface area contributed by atoms with Gasteiger partial charge in [0.2, 0.25) is 5.91 Å². The Hall–Kier alpha value is -1.40. The molecule has 1 heterocycles. The molecule has 1 amide bonds. The summed E-state index contributed by atoms with van der Waals surface area (Å²) < 4.78 is 0. The summed E-state index contributed by atoms with van der Waals surface area (Å²) in [6.45, 7) is -0.326. The highest BCUT2D eigenvalue weighted by Crippen LogP contribution is 1.98. The van der Waals surface area contributed by atoms with E-state index in [9.17, 15) is 4.79 Å². The molecule has 0 spiro atoms. The van der Waals surface area contributed by atoms with Crippen LogP contribution in [0.1, 0.15) is 5.69 Å². The molecule has 0 aliphatic heterocycles. The van der Waals surface area contributed by atoms with Gasteiger partial charge in [-0.05, 0) is 0 Å². The highest BCUT2D eigenvalue weighted by molar-refractivity contribution is 5.81. The molecule has 0 saturated carbocycles. The van der Waals surface area contributed by atoms with Gasteiger partial charge < -0.3 is 20.7 Å². The number of rotatable bonds is 4. The van der Waals surface area contributed by atoms with Gasteiger partial charge in [0, 0.05) is 19.7 Å². The van der Waals surface area contributed by atoms with E-state index in [0.29, 0.717) is 6.42 Å². The second-order valence-electron chi connectivity index (χ2n) is 3.05. The van der Waals surface area contributed by atoms with Crippen LogP contribution in [0.15, 0.2) is 12.5 Å². The van der Waals surface area contributed by atoms with Crippen LogP contribution in [0, 0.1) is 0 Å². The van der Waals surface area contributed by atoms with Crippen LogP contribution in [0.4, 0.5) is 0 Å². The predicted molar refractivity (Wildman–Crippen MR) is 50.1 cm³/mol. The zero-order chi connectivity index (χ0) is 10.6. The number of nitrogens with two attached hydrogens (primary N) is 1. The van der Waals surface area contributed by atoms with Crippen LogP contribution >= 0.6 is 0 Å². The van der Waals surface area contributed by atoms with Gasteiger partial charge in [-0.15, -0.1) is 0 Å². The number of carbonyl (C=O) groups excluding carboxylic acids is 1. The van der Waals surface area contributed by atoms with Crippen molar-refractivity contribution in [1.82, 2.24) is 14.9 Å². The Kier molecular flexibility index (Phi) is 3.61. The number of hydrogen-bond acceptors (Lipinski definition) is 4. The van der Waals surface area contributed by atoms with Crippen LogP contribution in [0.2, 0.25) is 0 Å². The molecule has 0 aliphatic carbocycles. The first-order chi connectivity index (χ1) is 6.65. The fourth-order valence-corrected chi connectivity index (χ4v) is 1.07. The molecule has 0 aliphatic rings. The minimum atomic E-state index is -0.657. The summed E-state index contributed by atoms with van der Waals surface area (Å²) in [5, 5.41) is 8.71. The molecule has 1 aromatic heterocycles. The molecule has 14 heavy (non-hydrogen) atoms. The van der Waals surface area contributed by atoms with E-state index in [1.54, 1.807) is 6.20 Å². The minimum absolute atomic E-state index is 0.296. The number of nitrogens with one attached hydrogen (secondary N) is 1. The predicted octanol–water partition coefficient (Wildman–Crippen LogP) is -1.31. The van der Waals surface area contributed by atoms with E-state index in [2.05, 4.69) is 9.97 Å². The highest BCUT2D eigenvalue weighted by Gasteiger charge is 2.18. The van der Waals surface area contributed by atoms with E-state index < -0.39 is 6.04 Å². The van der Waals surface area contributed by atoms with Gasteiger partial charge in [-0.25, -0.2) is 4.98 Å². The monoisotopic (exact) mass is 198 g/mol. The van der Waals surface area contributed by atoms with Gasteiger partial charge >= 0.3 is 0 Å². The first-order valence-electron chi connectivity index (χ1n) is 4.24. The van der Waals surface area contributed by atoms with Crippen LogP contribution in [-0.4, -0.2) is 45.7 Å². The van der Waals surface area contributed by atoms with Gasteiger partial charge in [0.1, 0.15) is 6.73 Å². The molecule has 4 N–H and O–H groups in total. The maximum atomic E-state index is 11.4. The SMILES string of the molecule is CN(CO)C(=O)[C@@H](N)Cc1c[nH]cn1. The highest BCUT2D eigenvalue weighted by atomic mass is 16.3. The molecule has 0 saturated heterocycles. The van der Waals surface area contributed by atoms with Crippen LogP contribution in [0.3, 0.4) is 0 Å². The van der Waals surface area contributed by atoms with Crippen molar-refractivity contribution in [2.24, 2.45) is 5.73 Å². The van der Waals surface area contributed by atoms with Crippen molar-refractivity contribution in [2.75, 3.05) is 13.8 Å². The number of nitrogens with zero attached hydrogens (tertiary/aromatic N) is 2. The standard InChI is InChI=1S/C8H14N4O2/c1-12(5-13)8(14)7(9)2-6-3-10-4-11-6/h3-4,7,13H,2,5,9H2,1H3,(H,10,11)/t7-/m0/s1. The van der Waals surface area contributed by atoms with Gasteiger partial charge in [-0.2, -0.15) is 0 Å². The van der Waals surface area contributed by atoms with Crippen molar-refractivity contribution < 1.29 is 9.90 Å². The zero-order valence-corrected chi connectivity index (χ0v) is 7.97. The smallest absolute Gasteiger partial charge is 0.241 e. The summed E-state index contributed by atoms with van der Waals surface area (Å²) in [7, 11) is 1.49. The van der Waals surface area contributed by atoms with E-state index in [-0.39, 0.29) is 12.6 Å². The molecule has 1 rings (SSSR count).